The molecule has 1 unspecified atom stereocenters. The minimum Gasteiger partial charge on any atom is -0.456 e. The van der Waals surface area contributed by atoms with Crippen LogP contribution in [0.2, 0.25) is 0 Å². The molecule has 0 heterocycles. The predicted molar refractivity (Wildman–Crippen MR) is 72.3 cm³/mol. The van der Waals surface area contributed by atoms with E-state index in [2.05, 4.69) is 13.0 Å². The lowest BCUT2D eigenvalue weighted by molar-refractivity contribution is -0.148. The van der Waals surface area contributed by atoms with E-state index in [0.29, 0.717) is 6.61 Å². The largest absolute Gasteiger partial charge is 0.456 e. The first-order valence-corrected chi connectivity index (χ1v) is 6.75. The van der Waals surface area contributed by atoms with Gasteiger partial charge >= 0.3 is 5.97 Å². The lowest BCUT2D eigenvalue weighted by Gasteiger charge is -2.19. The van der Waals surface area contributed by atoms with Crippen LogP contribution in [0, 0.1) is 0 Å². The van der Waals surface area contributed by atoms with E-state index in [1.54, 1.807) is 0 Å². The molecule has 1 rings (SSSR count). The Bertz CT molecular complexity index is 314. The summed E-state index contributed by atoms with van der Waals surface area (Å²) in [6.07, 6.45) is 9.59. The summed E-state index contributed by atoms with van der Waals surface area (Å²) >= 11 is 0. The van der Waals surface area contributed by atoms with Gasteiger partial charge in [-0.2, -0.15) is 0 Å². The molecule has 1 aliphatic carbocycles. The Labute approximate surface area is 110 Å². The highest BCUT2D eigenvalue weighted by molar-refractivity contribution is 5.82. The molecule has 18 heavy (non-hydrogen) atoms. The summed E-state index contributed by atoms with van der Waals surface area (Å²) < 4.78 is 11.2. The molecule has 0 aromatic heterocycles. The second-order valence-electron chi connectivity index (χ2n) is 4.88. The van der Waals surface area contributed by atoms with Crippen molar-refractivity contribution in [3.05, 3.63) is 23.8 Å². The van der Waals surface area contributed by atoms with Gasteiger partial charge in [0, 0.05) is 6.08 Å². The van der Waals surface area contributed by atoms with E-state index in [1.165, 1.54) is 6.08 Å². The van der Waals surface area contributed by atoms with Crippen molar-refractivity contribution in [2.75, 3.05) is 6.61 Å². The number of hydrogen-bond acceptors (Lipinski definition) is 3. The van der Waals surface area contributed by atoms with Gasteiger partial charge in [-0.3, -0.25) is 0 Å². The Morgan fingerprint density at radius 3 is 2.61 bits per heavy atom. The van der Waals surface area contributed by atoms with Crippen molar-refractivity contribution < 1.29 is 14.3 Å². The highest BCUT2D eigenvalue weighted by Gasteiger charge is 2.30. The summed E-state index contributed by atoms with van der Waals surface area (Å²) in [6.45, 7) is 6.48. The SMILES string of the molecule is CCC=CCOC1CCC[C@@H]1OC(=O)C=C(C)C. The lowest BCUT2D eigenvalue weighted by Crippen LogP contribution is -2.28. The standard InChI is InChI=1S/C15H24O3/c1-4-5-6-10-17-13-8-7-9-14(13)18-15(16)11-12(2)3/h5-6,11,13-14H,4,7-10H2,1-3H3/t13?,14-/m0/s1. The van der Waals surface area contributed by atoms with E-state index in [9.17, 15) is 4.79 Å². The van der Waals surface area contributed by atoms with Crippen molar-refractivity contribution in [1.82, 2.24) is 0 Å². The Hall–Kier alpha value is -1.09. The molecule has 1 fully saturated rings. The Morgan fingerprint density at radius 2 is 1.94 bits per heavy atom. The molecule has 0 spiro atoms. The summed E-state index contributed by atoms with van der Waals surface area (Å²) in [5, 5.41) is 0. The molecule has 0 saturated heterocycles. The third-order valence-corrected chi connectivity index (χ3v) is 2.87. The minimum absolute atomic E-state index is 0.0565. The van der Waals surface area contributed by atoms with Crippen LogP contribution in [-0.4, -0.2) is 24.8 Å². The second kappa shape index (κ2) is 8.09. The molecule has 0 radical (unpaired) electrons. The molecular weight excluding hydrogens is 228 g/mol. The molecule has 2 atom stereocenters. The smallest absolute Gasteiger partial charge is 0.331 e. The molecule has 1 saturated carbocycles. The first-order chi connectivity index (χ1) is 8.63. The van der Waals surface area contributed by atoms with Crippen molar-refractivity contribution >= 4 is 5.97 Å². The fraction of sp³-hybridized carbons (Fsp3) is 0.667. The van der Waals surface area contributed by atoms with Crippen molar-refractivity contribution in [2.45, 2.75) is 58.7 Å². The summed E-state index contributed by atoms with van der Waals surface area (Å²) in [7, 11) is 0. The fourth-order valence-electron chi connectivity index (χ4n) is 2.05. The Balaban J connectivity index is 2.37. The van der Waals surface area contributed by atoms with Crippen LogP contribution >= 0.6 is 0 Å². The Kier molecular flexibility index (Phi) is 6.73. The van der Waals surface area contributed by atoms with Crippen LogP contribution < -0.4 is 0 Å². The van der Waals surface area contributed by atoms with E-state index in [4.69, 9.17) is 9.47 Å². The zero-order valence-corrected chi connectivity index (χ0v) is 11.6. The van der Waals surface area contributed by atoms with Gasteiger partial charge in [-0.05, 0) is 39.5 Å². The van der Waals surface area contributed by atoms with Crippen molar-refractivity contribution in [1.29, 1.82) is 0 Å². The highest BCUT2D eigenvalue weighted by atomic mass is 16.6. The maximum Gasteiger partial charge on any atom is 0.331 e. The maximum absolute atomic E-state index is 11.6. The number of rotatable bonds is 6. The molecule has 3 nitrogen and oxygen atoms in total. The number of carbonyl (C=O) groups is 1. The monoisotopic (exact) mass is 252 g/mol. The zero-order chi connectivity index (χ0) is 13.4. The third kappa shape index (κ3) is 5.50. The quantitative estimate of drug-likeness (QED) is 0.413. The molecule has 1 aliphatic rings. The van der Waals surface area contributed by atoms with Gasteiger partial charge in [0.2, 0.25) is 0 Å². The molecule has 0 aromatic rings. The van der Waals surface area contributed by atoms with Crippen LogP contribution in [0.1, 0.15) is 46.5 Å². The summed E-state index contributed by atoms with van der Waals surface area (Å²) in [5.41, 5.74) is 0.960. The molecule has 102 valence electrons. The van der Waals surface area contributed by atoms with Gasteiger partial charge in [-0.25, -0.2) is 4.79 Å². The van der Waals surface area contributed by atoms with Crippen LogP contribution in [0.3, 0.4) is 0 Å². The Morgan fingerprint density at radius 1 is 1.22 bits per heavy atom. The fourth-order valence-corrected chi connectivity index (χ4v) is 2.05. The highest BCUT2D eigenvalue weighted by Crippen LogP contribution is 2.25. The van der Waals surface area contributed by atoms with Crippen molar-refractivity contribution in [3.8, 4) is 0 Å². The molecule has 0 bridgehead atoms. The molecule has 0 aliphatic heterocycles. The topological polar surface area (TPSA) is 35.5 Å². The minimum atomic E-state index is -0.250. The van der Waals surface area contributed by atoms with E-state index in [-0.39, 0.29) is 18.2 Å². The van der Waals surface area contributed by atoms with E-state index < -0.39 is 0 Å². The summed E-state index contributed by atoms with van der Waals surface area (Å²) in [6, 6.07) is 0. The average Bonchev–Trinajstić information content (AvgIpc) is 2.71. The number of esters is 1. The zero-order valence-electron chi connectivity index (χ0n) is 11.6. The third-order valence-electron chi connectivity index (χ3n) is 2.87. The van der Waals surface area contributed by atoms with Gasteiger partial charge in [0.1, 0.15) is 6.10 Å². The van der Waals surface area contributed by atoms with Gasteiger partial charge in [-0.1, -0.05) is 24.6 Å². The van der Waals surface area contributed by atoms with Crippen LogP contribution in [0.25, 0.3) is 0 Å². The molecule has 0 N–H and O–H groups in total. The van der Waals surface area contributed by atoms with Gasteiger partial charge in [0.05, 0.1) is 12.7 Å². The van der Waals surface area contributed by atoms with Crippen LogP contribution in [0.5, 0.6) is 0 Å². The van der Waals surface area contributed by atoms with Gasteiger partial charge in [-0.15, -0.1) is 0 Å². The van der Waals surface area contributed by atoms with Crippen molar-refractivity contribution in [2.24, 2.45) is 0 Å². The van der Waals surface area contributed by atoms with E-state index in [1.807, 2.05) is 19.9 Å². The maximum atomic E-state index is 11.6. The van der Waals surface area contributed by atoms with Crippen LogP contribution in [0.15, 0.2) is 23.8 Å². The van der Waals surface area contributed by atoms with Gasteiger partial charge in [0.25, 0.3) is 0 Å². The van der Waals surface area contributed by atoms with Gasteiger partial charge < -0.3 is 9.47 Å². The van der Waals surface area contributed by atoms with Crippen LogP contribution in [-0.2, 0) is 14.3 Å². The number of hydrogen-bond donors (Lipinski definition) is 0. The van der Waals surface area contributed by atoms with Crippen molar-refractivity contribution in [3.63, 3.8) is 0 Å². The normalized spacial score (nSPS) is 23.3. The molecule has 0 amide bonds. The number of ether oxygens (including phenoxy) is 2. The average molecular weight is 252 g/mol. The predicted octanol–water partition coefficient (Wildman–Crippen LogP) is 3.40. The number of carbonyl (C=O) groups excluding carboxylic acids is 1. The van der Waals surface area contributed by atoms with E-state index in [0.717, 1.165) is 31.3 Å². The van der Waals surface area contributed by atoms with Crippen LogP contribution in [0.4, 0.5) is 0 Å². The first kappa shape index (κ1) is 15.0. The van der Waals surface area contributed by atoms with Gasteiger partial charge in [0.15, 0.2) is 0 Å². The number of allylic oxidation sites excluding steroid dienone is 2. The molecular formula is C15H24O3. The first-order valence-electron chi connectivity index (χ1n) is 6.75. The van der Waals surface area contributed by atoms with E-state index >= 15 is 0 Å². The summed E-state index contributed by atoms with van der Waals surface area (Å²) in [5.74, 6) is -0.250. The molecule has 0 aromatic carbocycles. The second-order valence-corrected chi connectivity index (χ2v) is 4.88. The molecule has 3 heteroatoms. The summed E-state index contributed by atoms with van der Waals surface area (Å²) in [4.78, 5) is 11.6. The lowest BCUT2D eigenvalue weighted by atomic mass is 10.2.